The fourth-order valence-corrected chi connectivity index (χ4v) is 6.04. The van der Waals surface area contributed by atoms with E-state index in [0.717, 1.165) is 21.4 Å². The molecule has 0 aliphatic heterocycles. The Kier molecular flexibility index (Phi) is 11.9. The van der Waals surface area contributed by atoms with E-state index in [4.69, 9.17) is 0 Å². The third-order valence-electron chi connectivity index (χ3n) is 7.03. The topological polar surface area (TPSA) is 0 Å². The normalized spacial score (nSPS) is 10.5. The van der Waals surface area contributed by atoms with Crippen LogP contribution >= 0.6 is 8.58 Å². The van der Waals surface area contributed by atoms with E-state index in [2.05, 4.69) is 171 Å². The summed E-state index contributed by atoms with van der Waals surface area (Å²) in [5.74, 6) is 0. The largest absolute Gasteiger partial charge is 2.00 e. The molecule has 0 N–H and O–H groups in total. The van der Waals surface area contributed by atoms with Gasteiger partial charge in [0.05, 0.1) is 0 Å². The average Bonchev–Trinajstić information content (AvgIpc) is 3.67. The number of hydrogen-bond acceptors (Lipinski definition) is 0. The summed E-state index contributed by atoms with van der Waals surface area (Å²) in [4.78, 5) is 0. The van der Waals surface area contributed by atoms with Gasteiger partial charge in [-0.05, 0) is 41.8 Å². The molecule has 2 heteroatoms. The fourth-order valence-electron chi connectivity index (χ4n) is 4.77. The van der Waals surface area contributed by atoms with Crippen LogP contribution in [0.1, 0.15) is 16.7 Å². The maximum Gasteiger partial charge on any atom is 2.00 e. The second-order valence-electron chi connectivity index (χ2n) is 9.90. The number of aryl methyl sites for hydroxylation is 3. The first-order valence-corrected chi connectivity index (χ1v) is 14.9. The molecule has 7 aromatic carbocycles. The minimum Gasteiger partial charge on any atom is -0.168 e. The zero-order valence-electron chi connectivity index (χ0n) is 23.5. The molecule has 1 atom stereocenters. The molecule has 0 amide bonds. The molecule has 0 radical (unpaired) electrons. The second-order valence-corrected chi connectivity index (χ2v) is 11.2. The molecule has 0 aromatic heterocycles. The summed E-state index contributed by atoms with van der Waals surface area (Å²) < 4.78 is 0. The Hall–Kier alpha value is -3.54. The predicted molar refractivity (Wildman–Crippen MR) is 178 cm³/mol. The van der Waals surface area contributed by atoms with Crippen molar-refractivity contribution in [2.24, 2.45) is 0 Å². The number of fused-ring (bicyclic) bond motifs is 2. The van der Waals surface area contributed by atoms with E-state index in [0.29, 0.717) is 0 Å². The van der Waals surface area contributed by atoms with Gasteiger partial charge in [-0.3, -0.25) is 0 Å². The van der Waals surface area contributed by atoms with Gasteiger partial charge in [0.25, 0.3) is 0 Å². The quantitative estimate of drug-likeness (QED) is 0.108. The SMILES string of the molecule is Cc1ccccc1P[c-]1ccc2ccccc21.[Ti+2].c1ccc(CCc2ccccc2)cc1.c1ccc2[cH-]ccc2c1. The molecule has 7 rings (SSSR count). The molecule has 0 fully saturated rings. The van der Waals surface area contributed by atoms with Crippen molar-refractivity contribution < 1.29 is 21.7 Å². The summed E-state index contributed by atoms with van der Waals surface area (Å²) in [5, 5.41) is 8.31. The van der Waals surface area contributed by atoms with Crippen LogP contribution < -0.4 is 10.6 Å². The van der Waals surface area contributed by atoms with Crippen LogP contribution in [0.25, 0.3) is 21.5 Å². The Morgan fingerprint density at radius 3 is 1.78 bits per heavy atom. The molecular formula is C39H35PTi. The van der Waals surface area contributed by atoms with E-state index in [1.54, 1.807) is 0 Å². The summed E-state index contributed by atoms with van der Waals surface area (Å²) >= 11 is 0. The van der Waals surface area contributed by atoms with Crippen molar-refractivity contribution in [1.29, 1.82) is 0 Å². The van der Waals surface area contributed by atoms with Crippen molar-refractivity contribution in [3.05, 3.63) is 180 Å². The molecule has 200 valence electrons. The number of rotatable bonds is 5. The molecule has 7 aromatic rings. The molecule has 0 bridgehead atoms. The van der Waals surface area contributed by atoms with Gasteiger partial charge in [0.15, 0.2) is 0 Å². The zero-order chi connectivity index (χ0) is 27.4. The molecule has 0 saturated carbocycles. The second kappa shape index (κ2) is 16.0. The van der Waals surface area contributed by atoms with Gasteiger partial charge >= 0.3 is 21.7 Å². The average molecular weight is 583 g/mol. The van der Waals surface area contributed by atoms with Crippen molar-refractivity contribution in [3.8, 4) is 0 Å². The maximum absolute atomic E-state index is 2.26. The van der Waals surface area contributed by atoms with E-state index in [1.165, 1.54) is 48.8 Å². The first-order chi connectivity index (χ1) is 19.8. The van der Waals surface area contributed by atoms with Crippen LogP contribution in [-0.4, -0.2) is 0 Å². The molecule has 41 heavy (non-hydrogen) atoms. The van der Waals surface area contributed by atoms with Gasteiger partial charge in [0.2, 0.25) is 0 Å². The van der Waals surface area contributed by atoms with Gasteiger partial charge in [-0.1, -0.05) is 97.1 Å². The summed E-state index contributed by atoms with van der Waals surface area (Å²) in [5.41, 5.74) is 4.21. The van der Waals surface area contributed by atoms with Crippen LogP contribution in [0.5, 0.6) is 0 Å². The van der Waals surface area contributed by atoms with Gasteiger partial charge in [-0.2, -0.15) is 23.6 Å². The first-order valence-electron chi connectivity index (χ1n) is 13.9. The zero-order valence-corrected chi connectivity index (χ0v) is 26.1. The summed E-state index contributed by atoms with van der Waals surface area (Å²) in [7, 11) is 0.754. The molecule has 0 saturated heterocycles. The van der Waals surface area contributed by atoms with Crippen LogP contribution in [0.2, 0.25) is 0 Å². The Labute approximate surface area is 261 Å². The Balaban J connectivity index is 0.000000146. The third-order valence-corrected chi connectivity index (χ3v) is 8.57. The minimum absolute atomic E-state index is 0. The van der Waals surface area contributed by atoms with Gasteiger partial charge in [0, 0.05) is 0 Å². The van der Waals surface area contributed by atoms with Gasteiger partial charge < -0.3 is 0 Å². The van der Waals surface area contributed by atoms with E-state index in [9.17, 15) is 0 Å². The van der Waals surface area contributed by atoms with Crippen LogP contribution in [0.4, 0.5) is 0 Å². The van der Waals surface area contributed by atoms with E-state index >= 15 is 0 Å². The Bertz CT molecular complexity index is 1660. The van der Waals surface area contributed by atoms with Gasteiger partial charge in [0.1, 0.15) is 0 Å². The van der Waals surface area contributed by atoms with Crippen LogP contribution in [-0.2, 0) is 34.6 Å². The van der Waals surface area contributed by atoms with Crippen molar-refractivity contribution in [2.75, 3.05) is 0 Å². The first kappa shape index (κ1) is 30.4. The van der Waals surface area contributed by atoms with E-state index in [1.807, 2.05) is 0 Å². The Morgan fingerprint density at radius 2 is 1.12 bits per heavy atom. The molecule has 0 heterocycles. The van der Waals surface area contributed by atoms with Crippen LogP contribution in [0.15, 0.2) is 164 Å². The molecule has 0 spiro atoms. The maximum atomic E-state index is 2.26. The van der Waals surface area contributed by atoms with Crippen molar-refractivity contribution in [3.63, 3.8) is 0 Å². The summed E-state index contributed by atoms with van der Waals surface area (Å²) in [6, 6.07) is 57.7. The van der Waals surface area contributed by atoms with Crippen LogP contribution in [0, 0.1) is 6.92 Å². The van der Waals surface area contributed by atoms with Crippen LogP contribution in [0.3, 0.4) is 0 Å². The number of benzene rings is 5. The molecule has 0 nitrogen and oxygen atoms in total. The summed E-state index contributed by atoms with van der Waals surface area (Å²) in [6.07, 6.45) is 2.26. The van der Waals surface area contributed by atoms with Crippen molar-refractivity contribution in [1.82, 2.24) is 0 Å². The van der Waals surface area contributed by atoms with E-state index < -0.39 is 0 Å². The standard InChI is InChI=1S/C16H14P.C14H14.C9H7.Ti/c1-12-6-2-5-9-15(12)17-16-11-10-13-7-3-4-8-14(13)16;1-3-7-13(8-4-1)11-12-14-9-5-2-6-10-14;1-2-5-9-7-3-6-8(9)4-1;/h2-11,17H,1H3;1-10H,11-12H2;1-7H;/q-1;;-1;+2. The Morgan fingerprint density at radius 1 is 0.561 bits per heavy atom. The molecule has 0 aliphatic carbocycles. The van der Waals surface area contributed by atoms with Gasteiger partial charge in [-0.25, -0.2) is 0 Å². The van der Waals surface area contributed by atoms with Crippen molar-refractivity contribution in [2.45, 2.75) is 19.8 Å². The third kappa shape index (κ3) is 8.98. The molecular weight excluding hydrogens is 547 g/mol. The summed E-state index contributed by atoms with van der Waals surface area (Å²) in [6.45, 7) is 2.19. The number of hydrogen-bond donors (Lipinski definition) is 0. The smallest absolute Gasteiger partial charge is 0.168 e. The monoisotopic (exact) mass is 582 g/mol. The van der Waals surface area contributed by atoms with Gasteiger partial charge in [-0.15, -0.1) is 78.6 Å². The fraction of sp³-hybridized carbons (Fsp3) is 0.0769. The molecule has 1 unspecified atom stereocenters. The predicted octanol–water partition coefficient (Wildman–Crippen LogP) is 9.52. The van der Waals surface area contributed by atoms with E-state index in [-0.39, 0.29) is 21.7 Å². The van der Waals surface area contributed by atoms with Crippen molar-refractivity contribution >= 4 is 40.7 Å². The minimum atomic E-state index is 0. The molecule has 0 aliphatic rings.